The zero-order valence-corrected chi connectivity index (χ0v) is 21.0. The van der Waals surface area contributed by atoms with Crippen molar-refractivity contribution in [2.24, 2.45) is 0 Å². The maximum Gasteiger partial charge on any atom is 0.233 e. The number of hydrogen-bond donors (Lipinski definition) is 0. The highest BCUT2D eigenvalue weighted by Crippen LogP contribution is 2.40. The molecular formula is C25H25N3O4S2. The molecule has 2 heterocycles. The van der Waals surface area contributed by atoms with Crippen molar-refractivity contribution in [3.05, 3.63) is 59.5 Å². The number of thiophene rings is 1. The minimum Gasteiger partial charge on any atom is -0.493 e. The van der Waals surface area contributed by atoms with Crippen molar-refractivity contribution in [1.29, 1.82) is 0 Å². The molecule has 0 aliphatic heterocycles. The number of aromatic nitrogens is 2. The van der Waals surface area contributed by atoms with E-state index in [4.69, 9.17) is 24.2 Å². The number of hydrogen-bond acceptors (Lipinski definition) is 8. The molecule has 34 heavy (non-hydrogen) atoms. The van der Waals surface area contributed by atoms with E-state index in [1.165, 1.54) is 11.8 Å². The van der Waals surface area contributed by atoms with Crippen LogP contribution < -0.4 is 14.2 Å². The zero-order chi connectivity index (χ0) is 24.1. The number of carbonyl (C=O) groups is 1. The Labute approximate surface area is 206 Å². The van der Waals surface area contributed by atoms with Gasteiger partial charge >= 0.3 is 0 Å². The number of carbonyl (C=O) groups excluding carboxylic acids is 1. The molecule has 7 nitrogen and oxygen atoms in total. The van der Waals surface area contributed by atoms with Crippen LogP contribution in [0, 0.1) is 0 Å². The van der Waals surface area contributed by atoms with E-state index in [-0.39, 0.29) is 11.7 Å². The van der Waals surface area contributed by atoms with Gasteiger partial charge in [0.25, 0.3) is 0 Å². The second-order valence-electron chi connectivity index (χ2n) is 7.38. The smallest absolute Gasteiger partial charge is 0.233 e. The predicted octanol–water partition coefficient (Wildman–Crippen LogP) is 5.13. The molecule has 176 valence electrons. The summed E-state index contributed by atoms with van der Waals surface area (Å²) >= 11 is 3.01. The van der Waals surface area contributed by atoms with Crippen molar-refractivity contribution in [2.75, 3.05) is 34.1 Å². The van der Waals surface area contributed by atoms with E-state index in [2.05, 4.69) is 0 Å². The molecular weight excluding hydrogens is 470 g/mol. The Kier molecular flexibility index (Phi) is 7.54. The lowest BCUT2D eigenvalue weighted by Gasteiger charge is -2.21. The van der Waals surface area contributed by atoms with E-state index in [0.717, 1.165) is 26.4 Å². The maximum absolute atomic E-state index is 13.0. The van der Waals surface area contributed by atoms with Gasteiger partial charge in [-0.3, -0.25) is 4.79 Å². The summed E-state index contributed by atoms with van der Waals surface area (Å²) < 4.78 is 16.4. The van der Waals surface area contributed by atoms with Gasteiger partial charge in [0, 0.05) is 24.5 Å². The lowest BCUT2D eigenvalue weighted by atomic mass is 10.1. The zero-order valence-electron chi connectivity index (χ0n) is 19.4. The lowest BCUT2D eigenvalue weighted by molar-refractivity contribution is -0.127. The summed E-state index contributed by atoms with van der Waals surface area (Å²) in [6.07, 6.45) is 0. The first-order chi connectivity index (χ1) is 16.5. The molecule has 0 atom stereocenters. The Bertz CT molecular complexity index is 1300. The van der Waals surface area contributed by atoms with Gasteiger partial charge in [-0.25, -0.2) is 9.97 Å². The fourth-order valence-electron chi connectivity index (χ4n) is 3.55. The van der Waals surface area contributed by atoms with Crippen LogP contribution in [-0.4, -0.2) is 54.9 Å². The SMILES string of the molecule is COc1ccc(CN(C)C(=O)CSc2nc(-c3cccs3)nc3ccccc23)c(OC)c1OC. The molecule has 2 aromatic carbocycles. The van der Waals surface area contributed by atoms with Gasteiger partial charge in [-0.2, -0.15) is 0 Å². The first-order valence-corrected chi connectivity index (χ1v) is 12.4. The normalized spacial score (nSPS) is 10.8. The molecule has 0 unspecified atom stereocenters. The highest BCUT2D eigenvalue weighted by Gasteiger charge is 2.19. The van der Waals surface area contributed by atoms with Gasteiger partial charge in [0.2, 0.25) is 11.7 Å². The molecule has 0 fully saturated rings. The molecule has 4 rings (SSSR count). The number of methoxy groups -OCH3 is 3. The summed E-state index contributed by atoms with van der Waals surface area (Å²) in [4.78, 5) is 25.1. The van der Waals surface area contributed by atoms with E-state index in [0.29, 0.717) is 29.6 Å². The fraction of sp³-hybridized carbons (Fsp3) is 0.240. The first-order valence-electron chi connectivity index (χ1n) is 10.5. The van der Waals surface area contributed by atoms with E-state index in [1.807, 2.05) is 53.9 Å². The number of ether oxygens (including phenoxy) is 3. The highest BCUT2D eigenvalue weighted by molar-refractivity contribution is 8.00. The maximum atomic E-state index is 13.0. The van der Waals surface area contributed by atoms with Gasteiger partial charge in [-0.05, 0) is 29.6 Å². The van der Waals surface area contributed by atoms with Crippen LogP contribution in [0.4, 0.5) is 0 Å². The van der Waals surface area contributed by atoms with Crippen molar-refractivity contribution in [3.8, 4) is 28.0 Å². The summed E-state index contributed by atoms with van der Waals surface area (Å²) in [6, 6.07) is 15.5. The summed E-state index contributed by atoms with van der Waals surface area (Å²) in [5.41, 5.74) is 1.69. The second-order valence-corrected chi connectivity index (χ2v) is 9.29. The molecule has 2 aromatic heterocycles. The van der Waals surface area contributed by atoms with Crippen LogP contribution in [-0.2, 0) is 11.3 Å². The molecule has 0 radical (unpaired) electrons. The number of thioether (sulfide) groups is 1. The highest BCUT2D eigenvalue weighted by atomic mass is 32.2. The first kappa shape index (κ1) is 23.8. The monoisotopic (exact) mass is 495 g/mol. The third-order valence-electron chi connectivity index (χ3n) is 5.26. The molecule has 0 aliphatic carbocycles. The third-order valence-corrected chi connectivity index (χ3v) is 7.10. The van der Waals surface area contributed by atoms with Gasteiger partial charge in [0.05, 0.1) is 37.5 Å². The van der Waals surface area contributed by atoms with Crippen LogP contribution in [0.1, 0.15) is 5.56 Å². The van der Waals surface area contributed by atoms with Crippen molar-refractivity contribution in [3.63, 3.8) is 0 Å². The number of nitrogens with zero attached hydrogens (tertiary/aromatic N) is 3. The average molecular weight is 496 g/mol. The van der Waals surface area contributed by atoms with Gasteiger partial charge in [-0.1, -0.05) is 36.0 Å². The van der Waals surface area contributed by atoms with Gasteiger partial charge < -0.3 is 19.1 Å². The number of fused-ring (bicyclic) bond motifs is 1. The number of para-hydroxylation sites is 1. The van der Waals surface area contributed by atoms with E-state index >= 15 is 0 Å². The quantitative estimate of drug-likeness (QED) is 0.235. The molecule has 0 saturated heterocycles. The number of benzene rings is 2. The Morgan fingerprint density at radius 2 is 1.76 bits per heavy atom. The minimum absolute atomic E-state index is 0.0257. The van der Waals surface area contributed by atoms with E-state index in [1.54, 1.807) is 44.6 Å². The van der Waals surface area contributed by atoms with Gasteiger partial charge in [0.1, 0.15) is 5.03 Å². The molecule has 0 N–H and O–H groups in total. The molecule has 0 saturated carbocycles. The van der Waals surface area contributed by atoms with Crippen LogP contribution >= 0.6 is 23.1 Å². The fourth-order valence-corrected chi connectivity index (χ4v) is 5.16. The molecule has 0 aliphatic rings. The molecule has 9 heteroatoms. The van der Waals surface area contributed by atoms with Crippen LogP contribution in [0.25, 0.3) is 21.6 Å². The standard InChI is InChI=1S/C25H25N3O4S2/c1-28(14-16-11-12-19(30-2)23(32-4)22(16)31-3)21(29)15-34-25-17-8-5-6-9-18(17)26-24(27-25)20-10-7-13-33-20/h5-13H,14-15H2,1-4H3. The number of amides is 1. The van der Waals surface area contributed by atoms with Crippen LogP contribution in [0.3, 0.4) is 0 Å². The van der Waals surface area contributed by atoms with Gasteiger partial charge in [0.15, 0.2) is 17.3 Å². The summed E-state index contributed by atoms with van der Waals surface area (Å²) in [5, 5.41) is 3.73. The lowest BCUT2D eigenvalue weighted by Crippen LogP contribution is -2.28. The Morgan fingerprint density at radius 3 is 2.47 bits per heavy atom. The molecule has 0 spiro atoms. The Morgan fingerprint density at radius 1 is 0.971 bits per heavy atom. The molecule has 4 aromatic rings. The number of rotatable bonds is 9. The average Bonchev–Trinajstić information content (AvgIpc) is 3.41. The summed E-state index contributed by atoms with van der Waals surface area (Å²) in [5.74, 6) is 2.53. The topological polar surface area (TPSA) is 73.8 Å². The Hall–Kier alpha value is -3.30. The van der Waals surface area contributed by atoms with E-state index < -0.39 is 0 Å². The van der Waals surface area contributed by atoms with Crippen LogP contribution in [0.15, 0.2) is 58.9 Å². The molecule has 1 amide bonds. The van der Waals surface area contributed by atoms with Crippen molar-refractivity contribution in [1.82, 2.24) is 14.9 Å². The van der Waals surface area contributed by atoms with Crippen LogP contribution in [0.5, 0.6) is 17.2 Å². The van der Waals surface area contributed by atoms with Crippen LogP contribution in [0.2, 0.25) is 0 Å². The Balaban J connectivity index is 1.52. The largest absolute Gasteiger partial charge is 0.493 e. The molecule has 0 bridgehead atoms. The minimum atomic E-state index is -0.0257. The summed E-state index contributed by atoms with van der Waals surface area (Å²) in [6.45, 7) is 0.369. The summed E-state index contributed by atoms with van der Waals surface area (Å²) in [7, 11) is 6.48. The van der Waals surface area contributed by atoms with Crippen molar-refractivity contribution < 1.29 is 19.0 Å². The van der Waals surface area contributed by atoms with Crippen molar-refractivity contribution in [2.45, 2.75) is 11.6 Å². The second kappa shape index (κ2) is 10.8. The van der Waals surface area contributed by atoms with E-state index in [9.17, 15) is 4.79 Å². The van der Waals surface area contributed by atoms with Gasteiger partial charge in [-0.15, -0.1) is 11.3 Å². The van der Waals surface area contributed by atoms with Crippen molar-refractivity contribution >= 4 is 39.9 Å². The third kappa shape index (κ3) is 4.95. The predicted molar refractivity (Wildman–Crippen MR) is 136 cm³/mol.